The number of amides is 1. The second-order valence-corrected chi connectivity index (χ2v) is 10.4. The SMILES string of the molecule is Cc1ccc(C)c(NC(=O)COC(=O)CCc2ccc(S(=O)(=O)N3CCCCCC3)cc2)c1. The summed E-state index contributed by atoms with van der Waals surface area (Å²) in [6.45, 7) is 4.61. The second kappa shape index (κ2) is 11.4. The Morgan fingerprint density at radius 3 is 2.30 bits per heavy atom. The molecule has 1 fully saturated rings. The van der Waals surface area contributed by atoms with E-state index in [1.165, 1.54) is 0 Å². The molecule has 8 heteroatoms. The molecule has 0 saturated carbocycles. The number of esters is 1. The molecule has 1 aliphatic heterocycles. The number of carbonyl (C=O) groups excluding carboxylic acids is 2. The number of nitrogens with zero attached hydrogens (tertiary/aromatic N) is 1. The maximum atomic E-state index is 12.9. The lowest BCUT2D eigenvalue weighted by Gasteiger charge is -2.20. The highest BCUT2D eigenvalue weighted by molar-refractivity contribution is 7.89. The first-order valence-electron chi connectivity index (χ1n) is 11.4. The Morgan fingerprint density at radius 2 is 1.64 bits per heavy atom. The van der Waals surface area contributed by atoms with Gasteiger partial charge in [0.25, 0.3) is 5.91 Å². The van der Waals surface area contributed by atoms with E-state index >= 15 is 0 Å². The van der Waals surface area contributed by atoms with Gasteiger partial charge in [-0.05, 0) is 68.0 Å². The standard InChI is InChI=1S/C25H32N2O5S/c1-19-7-8-20(2)23(17-19)26-24(28)18-32-25(29)14-11-21-9-12-22(13-10-21)33(30,31)27-15-5-3-4-6-16-27/h7-10,12-13,17H,3-6,11,14-16,18H2,1-2H3,(H,26,28). The van der Waals surface area contributed by atoms with Crippen LogP contribution in [0.15, 0.2) is 47.4 Å². The Kier molecular flexibility index (Phi) is 8.63. The molecule has 0 spiro atoms. The summed E-state index contributed by atoms with van der Waals surface area (Å²) in [5.41, 5.74) is 3.49. The van der Waals surface area contributed by atoms with Crippen LogP contribution in [0.1, 0.15) is 48.8 Å². The number of ether oxygens (including phenoxy) is 1. The Balaban J connectivity index is 1.46. The van der Waals surface area contributed by atoms with E-state index in [1.807, 2.05) is 32.0 Å². The normalized spacial score (nSPS) is 15.0. The van der Waals surface area contributed by atoms with Crippen LogP contribution in [0.3, 0.4) is 0 Å². The van der Waals surface area contributed by atoms with Gasteiger partial charge in [0.1, 0.15) is 0 Å². The highest BCUT2D eigenvalue weighted by atomic mass is 32.2. The Labute approximate surface area is 196 Å². The van der Waals surface area contributed by atoms with Crippen LogP contribution in [0.2, 0.25) is 0 Å². The highest BCUT2D eigenvalue weighted by Crippen LogP contribution is 2.21. The average Bonchev–Trinajstić information content (AvgIpc) is 3.09. The second-order valence-electron chi connectivity index (χ2n) is 8.49. The average molecular weight is 473 g/mol. The van der Waals surface area contributed by atoms with Gasteiger partial charge in [-0.2, -0.15) is 4.31 Å². The molecule has 0 atom stereocenters. The van der Waals surface area contributed by atoms with Crippen LogP contribution in [0.4, 0.5) is 5.69 Å². The predicted molar refractivity (Wildman–Crippen MR) is 127 cm³/mol. The van der Waals surface area contributed by atoms with Crippen LogP contribution in [-0.4, -0.2) is 44.3 Å². The van der Waals surface area contributed by atoms with Crippen molar-refractivity contribution >= 4 is 27.6 Å². The minimum atomic E-state index is -3.49. The molecule has 1 saturated heterocycles. The lowest BCUT2D eigenvalue weighted by Crippen LogP contribution is -2.31. The number of benzene rings is 2. The lowest BCUT2D eigenvalue weighted by atomic mass is 10.1. The van der Waals surface area contributed by atoms with Crippen LogP contribution in [-0.2, 0) is 30.8 Å². The Bertz CT molecular complexity index is 1070. The molecule has 1 heterocycles. The van der Waals surface area contributed by atoms with Crippen LogP contribution in [0.5, 0.6) is 0 Å². The number of anilines is 1. The molecule has 2 aromatic rings. The van der Waals surface area contributed by atoms with Gasteiger partial charge in [0, 0.05) is 25.2 Å². The quantitative estimate of drug-likeness (QED) is 0.587. The largest absolute Gasteiger partial charge is 0.456 e. The number of sulfonamides is 1. The molecule has 1 N–H and O–H groups in total. The van der Waals surface area contributed by atoms with E-state index in [1.54, 1.807) is 28.6 Å². The number of hydrogen-bond donors (Lipinski definition) is 1. The first-order valence-corrected chi connectivity index (χ1v) is 12.8. The zero-order valence-corrected chi connectivity index (χ0v) is 20.1. The number of aryl methyl sites for hydroxylation is 3. The van der Waals surface area contributed by atoms with E-state index in [-0.39, 0.29) is 23.8 Å². The van der Waals surface area contributed by atoms with Crippen molar-refractivity contribution in [3.8, 4) is 0 Å². The van der Waals surface area contributed by atoms with E-state index in [9.17, 15) is 18.0 Å². The van der Waals surface area contributed by atoms with Crippen molar-refractivity contribution in [2.24, 2.45) is 0 Å². The van der Waals surface area contributed by atoms with Crippen LogP contribution < -0.4 is 5.32 Å². The van der Waals surface area contributed by atoms with Gasteiger partial charge in [-0.25, -0.2) is 8.42 Å². The first-order chi connectivity index (χ1) is 15.8. The number of nitrogens with one attached hydrogen (secondary N) is 1. The van der Waals surface area contributed by atoms with Crippen molar-refractivity contribution in [2.75, 3.05) is 25.0 Å². The molecule has 2 aromatic carbocycles. The highest BCUT2D eigenvalue weighted by Gasteiger charge is 2.24. The van der Waals surface area contributed by atoms with Crippen molar-refractivity contribution in [1.82, 2.24) is 4.31 Å². The maximum Gasteiger partial charge on any atom is 0.306 e. The van der Waals surface area contributed by atoms with Gasteiger partial charge in [0.15, 0.2) is 6.61 Å². The molecule has 0 aromatic heterocycles. The number of rotatable bonds is 8. The summed E-state index contributed by atoms with van der Waals surface area (Å²) in [4.78, 5) is 24.4. The fourth-order valence-corrected chi connectivity index (χ4v) is 5.30. The molecular weight excluding hydrogens is 440 g/mol. The summed E-state index contributed by atoms with van der Waals surface area (Å²) in [7, 11) is -3.49. The van der Waals surface area contributed by atoms with Crippen molar-refractivity contribution in [2.45, 2.75) is 57.3 Å². The minimum absolute atomic E-state index is 0.106. The third kappa shape index (κ3) is 7.14. The van der Waals surface area contributed by atoms with Crippen LogP contribution in [0.25, 0.3) is 0 Å². The molecule has 0 unspecified atom stereocenters. The summed E-state index contributed by atoms with van der Waals surface area (Å²) >= 11 is 0. The zero-order valence-electron chi connectivity index (χ0n) is 19.3. The molecule has 0 bridgehead atoms. The van der Waals surface area contributed by atoms with Crippen molar-refractivity contribution in [3.63, 3.8) is 0 Å². The summed E-state index contributed by atoms with van der Waals surface area (Å²) in [6, 6.07) is 12.4. The Morgan fingerprint density at radius 1 is 0.970 bits per heavy atom. The van der Waals surface area contributed by atoms with E-state index in [2.05, 4.69) is 5.32 Å². The first kappa shape index (κ1) is 24.9. The van der Waals surface area contributed by atoms with Gasteiger partial charge in [0.05, 0.1) is 4.90 Å². The lowest BCUT2D eigenvalue weighted by molar-refractivity contribution is -0.147. The van der Waals surface area contributed by atoms with Gasteiger partial charge >= 0.3 is 5.97 Å². The van der Waals surface area contributed by atoms with Gasteiger partial charge in [-0.15, -0.1) is 0 Å². The molecule has 0 aliphatic carbocycles. The van der Waals surface area contributed by atoms with Gasteiger partial charge < -0.3 is 10.1 Å². The van der Waals surface area contributed by atoms with Crippen molar-refractivity contribution in [1.29, 1.82) is 0 Å². The van der Waals surface area contributed by atoms with Gasteiger partial charge in [-0.3, -0.25) is 9.59 Å². The van der Waals surface area contributed by atoms with Crippen LogP contribution in [0, 0.1) is 13.8 Å². The predicted octanol–water partition coefficient (Wildman–Crippen LogP) is 3.98. The van der Waals surface area contributed by atoms with E-state index in [0.717, 1.165) is 42.4 Å². The molecule has 7 nitrogen and oxygen atoms in total. The third-order valence-corrected chi connectivity index (χ3v) is 7.69. The number of hydrogen-bond acceptors (Lipinski definition) is 5. The molecule has 178 valence electrons. The summed E-state index contributed by atoms with van der Waals surface area (Å²) in [6.07, 6.45) is 4.42. The zero-order chi connectivity index (χ0) is 23.8. The third-order valence-electron chi connectivity index (χ3n) is 5.78. The fourth-order valence-electron chi connectivity index (χ4n) is 3.78. The maximum absolute atomic E-state index is 12.9. The summed E-state index contributed by atoms with van der Waals surface area (Å²) in [5, 5.41) is 2.75. The van der Waals surface area contributed by atoms with E-state index < -0.39 is 16.0 Å². The topological polar surface area (TPSA) is 92.8 Å². The molecular formula is C25H32N2O5S. The van der Waals surface area contributed by atoms with Gasteiger partial charge in [0.2, 0.25) is 10.0 Å². The molecule has 1 aliphatic rings. The minimum Gasteiger partial charge on any atom is -0.456 e. The fraction of sp³-hybridized carbons (Fsp3) is 0.440. The van der Waals surface area contributed by atoms with Crippen LogP contribution >= 0.6 is 0 Å². The smallest absolute Gasteiger partial charge is 0.306 e. The number of carbonyl (C=O) groups is 2. The van der Waals surface area contributed by atoms with Crippen molar-refractivity contribution < 1.29 is 22.7 Å². The summed E-state index contributed by atoms with van der Waals surface area (Å²) in [5.74, 6) is -0.868. The molecule has 0 radical (unpaired) electrons. The van der Waals surface area contributed by atoms with Crippen molar-refractivity contribution in [3.05, 3.63) is 59.2 Å². The van der Waals surface area contributed by atoms with E-state index in [0.29, 0.717) is 25.2 Å². The Hall–Kier alpha value is -2.71. The summed E-state index contributed by atoms with van der Waals surface area (Å²) < 4.78 is 32.4. The van der Waals surface area contributed by atoms with Gasteiger partial charge in [-0.1, -0.05) is 37.1 Å². The monoisotopic (exact) mass is 472 g/mol. The van der Waals surface area contributed by atoms with E-state index in [4.69, 9.17) is 4.74 Å². The molecule has 3 rings (SSSR count). The molecule has 33 heavy (non-hydrogen) atoms. The molecule has 1 amide bonds.